The van der Waals surface area contributed by atoms with Gasteiger partial charge in [-0.2, -0.15) is 0 Å². The molecule has 1 fully saturated rings. The van der Waals surface area contributed by atoms with Crippen molar-refractivity contribution in [3.8, 4) is 5.75 Å². The third kappa shape index (κ3) is 1.85. The lowest BCUT2D eigenvalue weighted by Gasteiger charge is -2.12. The molecule has 1 aromatic rings. The van der Waals surface area contributed by atoms with Gasteiger partial charge in [-0.15, -0.1) is 0 Å². The van der Waals surface area contributed by atoms with Crippen LogP contribution < -0.4 is 10.1 Å². The quantitative estimate of drug-likeness (QED) is 0.878. The van der Waals surface area contributed by atoms with E-state index >= 15 is 0 Å². The molecule has 0 radical (unpaired) electrons. The third-order valence-electron chi connectivity index (χ3n) is 4.39. The van der Waals surface area contributed by atoms with E-state index in [0.29, 0.717) is 6.61 Å². The van der Waals surface area contributed by atoms with Gasteiger partial charge in [-0.25, -0.2) is 0 Å². The van der Waals surface area contributed by atoms with Crippen LogP contribution in [0.15, 0.2) is 24.3 Å². The predicted octanol–water partition coefficient (Wildman–Crippen LogP) is 1.59. The predicted molar refractivity (Wildman–Crippen MR) is 71.2 cm³/mol. The molecule has 0 spiro atoms. The number of carbonyl (C=O) groups excluding carboxylic acids is 1. The molecule has 5 heteroatoms. The molecule has 0 saturated heterocycles. The molecular weight excluding hydrogens is 258 g/mol. The fourth-order valence-electron chi connectivity index (χ4n) is 3.13. The number of fused-ring (bicyclic) bond motifs is 1. The first-order valence-corrected chi connectivity index (χ1v) is 6.68. The van der Waals surface area contributed by atoms with Gasteiger partial charge in [0.2, 0.25) is 5.91 Å². The number of hydrogen-bond donors (Lipinski definition) is 2. The smallest absolute Gasteiger partial charge is 0.307 e. The monoisotopic (exact) mass is 275 g/mol. The first kappa shape index (κ1) is 13.0. The number of nitrogens with one attached hydrogen (secondary N) is 1. The topological polar surface area (TPSA) is 75.6 Å². The van der Waals surface area contributed by atoms with Gasteiger partial charge in [-0.05, 0) is 11.5 Å². The summed E-state index contributed by atoms with van der Waals surface area (Å²) in [5, 5.41) is 12.0. The molecule has 2 N–H and O–H groups in total. The molecule has 5 nitrogen and oxygen atoms in total. The largest absolute Gasteiger partial charge is 0.491 e. The Hall–Kier alpha value is -2.04. The summed E-state index contributed by atoms with van der Waals surface area (Å²) in [7, 11) is 0. The number of benzene rings is 1. The SMILES string of the molecule is CC1(C)[C@H](C(=O)O)[C@@H]1C(=O)NC1COc2ccccc21. The van der Waals surface area contributed by atoms with Gasteiger partial charge in [-0.1, -0.05) is 32.0 Å². The highest BCUT2D eigenvalue weighted by Crippen LogP contribution is 2.58. The first-order chi connectivity index (χ1) is 9.43. The number of rotatable bonds is 3. The standard InChI is InChI=1S/C15H17NO4/c1-15(2)11(12(15)14(18)19)13(17)16-9-7-20-10-6-4-3-5-8(9)10/h3-6,9,11-12H,7H2,1-2H3,(H,16,17)(H,18,19)/t9?,11-,12+/m1/s1. The van der Waals surface area contributed by atoms with Crippen molar-refractivity contribution in [2.24, 2.45) is 17.3 Å². The first-order valence-electron chi connectivity index (χ1n) is 6.68. The molecule has 106 valence electrons. The molecule has 3 rings (SSSR count). The Bertz CT molecular complexity index is 581. The van der Waals surface area contributed by atoms with E-state index in [2.05, 4.69) is 5.32 Å². The third-order valence-corrected chi connectivity index (χ3v) is 4.39. The maximum atomic E-state index is 12.3. The number of hydrogen-bond acceptors (Lipinski definition) is 3. The van der Waals surface area contributed by atoms with Crippen LogP contribution in [0.1, 0.15) is 25.5 Å². The highest BCUT2D eigenvalue weighted by molar-refractivity contribution is 5.91. The van der Waals surface area contributed by atoms with Gasteiger partial charge in [-0.3, -0.25) is 9.59 Å². The average molecular weight is 275 g/mol. The summed E-state index contributed by atoms with van der Waals surface area (Å²) in [6, 6.07) is 7.37. The Morgan fingerprint density at radius 1 is 1.30 bits per heavy atom. The Morgan fingerprint density at radius 3 is 2.65 bits per heavy atom. The van der Waals surface area contributed by atoms with Crippen LogP contribution in [0.2, 0.25) is 0 Å². The molecule has 1 saturated carbocycles. The van der Waals surface area contributed by atoms with Crippen molar-refractivity contribution in [3.63, 3.8) is 0 Å². The number of carboxylic acids is 1. The van der Waals surface area contributed by atoms with Crippen LogP contribution in [0.25, 0.3) is 0 Å². The maximum absolute atomic E-state index is 12.3. The number of aliphatic carboxylic acids is 1. The molecule has 2 aliphatic rings. The van der Waals surface area contributed by atoms with E-state index in [1.165, 1.54) is 0 Å². The summed E-state index contributed by atoms with van der Waals surface area (Å²) < 4.78 is 5.51. The minimum absolute atomic E-state index is 0.190. The number of para-hydroxylation sites is 1. The lowest BCUT2D eigenvalue weighted by atomic mass is 10.1. The lowest BCUT2D eigenvalue weighted by Crippen LogP contribution is -2.32. The van der Waals surface area contributed by atoms with Crippen LogP contribution in [0.5, 0.6) is 5.75 Å². The zero-order chi connectivity index (χ0) is 14.5. The minimum atomic E-state index is -0.904. The molecule has 20 heavy (non-hydrogen) atoms. The second-order valence-electron chi connectivity index (χ2n) is 6.02. The zero-order valence-corrected chi connectivity index (χ0v) is 11.4. The van der Waals surface area contributed by atoms with E-state index in [-0.39, 0.29) is 11.9 Å². The fourth-order valence-corrected chi connectivity index (χ4v) is 3.13. The summed E-state index contributed by atoms with van der Waals surface area (Å²) in [5.74, 6) is -1.39. The number of ether oxygens (including phenoxy) is 1. The van der Waals surface area contributed by atoms with Gasteiger partial charge >= 0.3 is 5.97 Å². The fraction of sp³-hybridized carbons (Fsp3) is 0.467. The molecule has 1 amide bonds. The van der Waals surface area contributed by atoms with Crippen molar-refractivity contribution >= 4 is 11.9 Å². The van der Waals surface area contributed by atoms with Crippen LogP contribution >= 0.6 is 0 Å². The second kappa shape index (κ2) is 4.23. The Morgan fingerprint density at radius 2 is 2.00 bits per heavy atom. The molecule has 0 aromatic heterocycles. The molecule has 1 aliphatic carbocycles. The number of carbonyl (C=O) groups is 2. The van der Waals surface area contributed by atoms with Gasteiger partial charge in [0.15, 0.2) is 0 Å². The number of amides is 1. The van der Waals surface area contributed by atoms with Crippen molar-refractivity contribution in [3.05, 3.63) is 29.8 Å². The van der Waals surface area contributed by atoms with Crippen molar-refractivity contribution in [1.29, 1.82) is 0 Å². The van der Waals surface area contributed by atoms with Crippen molar-refractivity contribution in [2.75, 3.05) is 6.61 Å². The molecule has 1 heterocycles. The van der Waals surface area contributed by atoms with Gasteiger partial charge in [0.25, 0.3) is 0 Å². The van der Waals surface area contributed by atoms with Crippen molar-refractivity contribution < 1.29 is 19.4 Å². The summed E-state index contributed by atoms with van der Waals surface area (Å²) in [6.45, 7) is 4.03. The molecule has 1 unspecified atom stereocenters. The molecule has 0 bridgehead atoms. The molecule has 1 aromatic carbocycles. The maximum Gasteiger partial charge on any atom is 0.307 e. The normalized spacial score (nSPS) is 29.2. The van der Waals surface area contributed by atoms with Crippen LogP contribution in [0, 0.1) is 17.3 Å². The van der Waals surface area contributed by atoms with Crippen molar-refractivity contribution in [1.82, 2.24) is 5.32 Å². The lowest BCUT2D eigenvalue weighted by molar-refractivity contribution is -0.140. The van der Waals surface area contributed by atoms with Crippen molar-refractivity contribution in [2.45, 2.75) is 19.9 Å². The number of carboxylic acid groups (broad SMARTS) is 1. The van der Waals surface area contributed by atoms with Crippen LogP contribution in [-0.2, 0) is 9.59 Å². The van der Waals surface area contributed by atoms with Gasteiger partial charge < -0.3 is 15.2 Å². The summed E-state index contributed by atoms with van der Waals surface area (Å²) >= 11 is 0. The second-order valence-corrected chi connectivity index (χ2v) is 6.02. The highest BCUT2D eigenvalue weighted by atomic mass is 16.5. The molecule has 3 atom stereocenters. The summed E-state index contributed by atoms with van der Waals surface area (Å²) in [6.07, 6.45) is 0. The van der Waals surface area contributed by atoms with Gasteiger partial charge in [0, 0.05) is 5.56 Å². The van der Waals surface area contributed by atoms with E-state index in [1.807, 2.05) is 38.1 Å². The van der Waals surface area contributed by atoms with Gasteiger partial charge in [0.1, 0.15) is 12.4 Å². The minimum Gasteiger partial charge on any atom is -0.491 e. The van der Waals surface area contributed by atoms with E-state index in [0.717, 1.165) is 11.3 Å². The summed E-state index contributed by atoms with van der Waals surface area (Å²) in [4.78, 5) is 23.4. The molecule has 1 aliphatic heterocycles. The van der Waals surface area contributed by atoms with Crippen LogP contribution in [0.3, 0.4) is 0 Å². The molecular formula is C15H17NO4. The van der Waals surface area contributed by atoms with E-state index in [4.69, 9.17) is 9.84 Å². The average Bonchev–Trinajstić information content (AvgIpc) is 2.77. The zero-order valence-electron chi connectivity index (χ0n) is 11.4. The van der Waals surface area contributed by atoms with Crippen LogP contribution in [-0.4, -0.2) is 23.6 Å². The highest BCUT2D eigenvalue weighted by Gasteiger charge is 2.66. The Labute approximate surface area is 116 Å². The van der Waals surface area contributed by atoms with E-state index < -0.39 is 23.2 Å². The van der Waals surface area contributed by atoms with Gasteiger partial charge in [0.05, 0.1) is 17.9 Å². The van der Waals surface area contributed by atoms with Crippen LogP contribution in [0.4, 0.5) is 0 Å². The van der Waals surface area contributed by atoms with E-state index in [1.54, 1.807) is 0 Å². The summed E-state index contributed by atoms with van der Waals surface area (Å²) in [5.41, 5.74) is 0.473. The Balaban J connectivity index is 1.72. The Kier molecular flexibility index (Phi) is 2.74. The van der Waals surface area contributed by atoms with E-state index in [9.17, 15) is 9.59 Å².